The Hall–Kier alpha value is -0.870. The zero-order chi connectivity index (χ0) is 15.5. The van der Waals surface area contributed by atoms with Crippen LogP contribution in [0.3, 0.4) is 0 Å². The third kappa shape index (κ3) is 3.86. The van der Waals surface area contributed by atoms with E-state index in [4.69, 9.17) is 0 Å². The average molecular weight is 292 g/mol. The molecule has 1 N–H and O–H groups in total. The molecule has 0 amide bonds. The van der Waals surface area contributed by atoms with Gasteiger partial charge in [0.1, 0.15) is 0 Å². The van der Waals surface area contributed by atoms with Gasteiger partial charge in [0.15, 0.2) is 0 Å². The molecule has 120 valence electrons. The van der Waals surface area contributed by atoms with Crippen LogP contribution >= 0.6 is 0 Å². The Bertz CT molecular complexity index is 442. The Labute approximate surface area is 129 Å². The maximum absolute atomic E-state index is 4.28. The minimum Gasteiger partial charge on any atom is -0.311 e. The number of nitrogens with one attached hydrogen (secondary N) is 1. The predicted molar refractivity (Wildman–Crippen MR) is 88.4 cm³/mol. The molecular formula is C17H32N4. The molecule has 3 atom stereocenters. The van der Waals surface area contributed by atoms with E-state index in [1.165, 1.54) is 24.9 Å². The van der Waals surface area contributed by atoms with Crippen LogP contribution in [0.15, 0.2) is 12.4 Å². The number of hydrogen-bond acceptors (Lipinski definition) is 3. The first-order valence-corrected chi connectivity index (χ1v) is 8.44. The number of hydrogen-bond donors (Lipinski definition) is 1. The van der Waals surface area contributed by atoms with Gasteiger partial charge in [-0.15, -0.1) is 0 Å². The maximum atomic E-state index is 4.28. The molecule has 0 spiro atoms. The van der Waals surface area contributed by atoms with Gasteiger partial charge in [0.2, 0.25) is 0 Å². The first-order valence-electron chi connectivity index (χ1n) is 8.44. The molecular weight excluding hydrogens is 260 g/mol. The van der Waals surface area contributed by atoms with E-state index in [9.17, 15) is 0 Å². The number of aromatic nitrogens is 2. The van der Waals surface area contributed by atoms with Gasteiger partial charge < -0.3 is 5.32 Å². The number of nitrogens with zero attached hydrogens (tertiary/aromatic N) is 3. The van der Waals surface area contributed by atoms with Crippen molar-refractivity contribution in [3.63, 3.8) is 0 Å². The van der Waals surface area contributed by atoms with Gasteiger partial charge in [0, 0.05) is 44.5 Å². The van der Waals surface area contributed by atoms with Gasteiger partial charge in [0.25, 0.3) is 0 Å². The lowest BCUT2D eigenvalue weighted by Gasteiger charge is -2.49. The highest BCUT2D eigenvalue weighted by atomic mass is 15.3. The molecule has 1 aromatic rings. The summed E-state index contributed by atoms with van der Waals surface area (Å²) in [5.74, 6) is 0.743. The van der Waals surface area contributed by atoms with Crippen LogP contribution in [0, 0.1) is 5.92 Å². The normalized spacial score (nSPS) is 28.7. The summed E-state index contributed by atoms with van der Waals surface area (Å²) in [4.78, 5) is 2.70. The van der Waals surface area contributed by atoms with Crippen molar-refractivity contribution in [3.05, 3.63) is 18.0 Å². The van der Waals surface area contributed by atoms with Crippen molar-refractivity contribution < 1.29 is 0 Å². The summed E-state index contributed by atoms with van der Waals surface area (Å²) in [6, 6.07) is 0.628. The molecule has 1 fully saturated rings. The average Bonchev–Trinajstić information content (AvgIpc) is 2.91. The van der Waals surface area contributed by atoms with E-state index in [1.807, 2.05) is 17.9 Å². The SMILES string of the molecule is CCC(C)C1CN(CCc2cnn(C)c2)C(C)(CC)CN1. The van der Waals surface area contributed by atoms with E-state index in [1.54, 1.807) is 0 Å². The van der Waals surface area contributed by atoms with E-state index in [0.717, 1.165) is 25.4 Å². The molecule has 2 rings (SSSR count). The van der Waals surface area contributed by atoms with E-state index in [-0.39, 0.29) is 5.54 Å². The molecule has 0 bridgehead atoms. The van der Waals surface area contributed by atoms with Gasteiger partial charge in [0.05, 0.1) is 6.20 Å². The summed E-state index contributed by atoms with van der Waals surface area (Å²) in [6.07, 6.45) is 7.67. The van der Waals surface area contributed by atoms with Gasteiger partial charge in [-0.05, 0) is 31.2 Å². The fraction of sp³-hybridized carbons (Fsp3) is 0.824. The second-order valence-electron chi connectivity index (χ2n) is 6.94. The molecule has 0 radical (unpaired) electrons. The minimum atomic E-state index is 0.284. The lowest BCUT2D eigenvalue weighted by atomic mass is 9.87. The number of aryl methyl sites for hydroxylation is 1. The molecule has 1 saturated heterocycles. The van der Waals surface area contributed by atoms with E-state index < -0.39 is 0 Å². The smallest absolute Gasteiger partial charge is 0.0522 e. The summed E-state index contributed by atoms with van der Waals surface area (Å²) in [5, 5.41) is 8.06. The van der Waals surface area contributed by atoms with Gasteiger partial charge in [-0.2, -0.15) is 5.10 Å². The quantitative estimate of drug-likeness (QED) is 0.874. The fourth-order valence-electron chi connectivity index (χ4n) is 3.23. The second-order valence-corrected chi connectivity index (χ2v) is 6.94. The molecule has 0 saturated carbocycles. The lowest BCUT2D eigenvalue weighted by Crippen LogP contribution is -2.64. The monoisotopic (exact) mass is 292 g/mol. The van der Waals surface area contributed by atoms with Crippen molar-refractivity contribution in [1.82, 2.24) is 20.0 Å². The second kappa shape index (κ2) is 6.93. The van der Waals surface area contributed by atoms with Crippen molar-refractivity contribution in [2.45, 2.75) is 58.5 Å². The van der Waals surface area contributed by atoms with E-state index >= 15 is 0 Å². The van der Waals surface area contributed by atoms with Crippen LogP contribution in [0.5, 0.6) is 0 Å². The molecule has 0 aromatic carbocycles. The van der Waals surface area contributed by atoms with Gasteiger partial charge >= 0.3 is 0 Å². The highest BCUT2D eigenvalue weighted by Crippen LogP contribution is 2.26. The summed E-state index contributed by atoms with van der Waals surface area (Å²) in [5.41, 5.74) is 1.63. The van der Waals surface area contributed by atoms with Crippen LogP contribution in [0.2, 0.25) is 0 Å². The Morgan fingerprint density at radius 1 is 1.48 bits per heavy atom. The van der Waals surface area contributed by atoms with Crippen molar-refractivity contribution >= 4 is 0 Å². The molecule has 1 aliphatic rings. The third-order valence-electron chi connectivity index (χ3n) is 5.45. The zero-order valence-corrected chi connectivity index (χ0v) is 14.4. The van der Waals surface area contributed by atoms with Crippen molar-refractivity contribution in [3.8, 4) is 0 Å². The van der Waals surface area contributed by atoms with Crippen LogP contribution in [0.4, 0.5) is 0 Å². The molecule has 4 nitrogen and oxygen atoms in total. The molecule has 21 heavy (non-hydrogen) atoms. The lowest BCUT2D eigenvalue weighted by molar-refractivity contribution is 0.0373. The van der Waals surface area contributed by atoms with Crippen LogP contribution in [0.1, 0.15) is 46.1 Å². The highest BCUT2D eigenvalue weighted by Gasteiger charge is 2.37. The fourth-order valence-corrected chi connectivity index (χ4v) is 3.23. The summed E-state index contributed by atoms with van der Waals surface area (Å²) in [6.45, 7) is 12.8. The first kappa shape index (κ1) is 16.5. The van der Waals surface area contributed by atoms with Gasteiger partial charge in [-0.25, -0.2) is 0 Å². The first-order chi connectivity index (χ1) is 9.98. The summed E-state index contributed by atoms with van der Waals surface area (Å²) in [7, 11) is 1.99. The molecule has 4 heteroatoms. The topological polar surface area (TPSA) is 33.1 Å². The van der Waals surface area contributed by atoms with Crippen molar-refractivity contribution in [1.29, 1.82) is 0 Å². The summed E-state index contributed by atoms with van der Waals surface area (Å²) >= 11 is 0. The van der Waals surface area contributed by atoms with Crippen molar-refractivity contribution in [2.75, 3.05) is 19.6 Å². The maximum Gasteiger partial charge on any atom is 0.0522 e. The Balaban J connectivity index is 2.00. The third-order valence-corrected chi connectivity index (χ3v) is 5.45. The minimum absolute atomic E-state index is 0.284. The molecule has 0 aliphatic carbocycles. The van der Waals surface area contributed by atoms with Crippen LogP contribution in [0.25, 0.3) is 0 Å². The Kier molecular flexibility index (Phi) is 5.44. The molecule has 3 unspecified atom stereocenters. The molecule has 1 aliphatic heterocycles. The zero-order valence-electron chi connectivity index (χ0n) is 14.4. The summed E-state index contributed by atoms with van der Waals surface area (Å²) < 4.78 is 1.90. The molecule has 2 heterocycles. The van der Waals surface area contributed by atoms with E-state index in [2.05, 4.69) is 49.2 Å². The van der Waals surface area contributed by atoms with Crippen LogP contribution in [-0.2, 0) is 13.5 Å². The molecule has 1 aromatic heterocycles. The largest absolute Gasteiger partial charge is 0.311 e. The Morgan fingerprint density at radius 3 is 2.81 bits per heavy atom. The van der Waals surface area contributed by atoms with Crippen molar-refractivity contribution in [2.24, 2.45) is 13.0 Å². The number of piperazine rings is 1. The number of rotatable bonds is 6. The van der Waals surface area contributed by atoms with E-state index in [0.29, 0.717) is 6.04 Å². The van der Waals surface area contributed by atoms with Gasteiger partial charge in [-0.1, -0.05) is 27.2 Å². The highest BCUT2D eigenvalue weighted by molar-refractivity contribution is 5.05. The predicted octanol–water partition coefficient (Wildman–Crippen LogP) is 2.45. The Morgan fingerprint density at radius 2 is 2.24 bits per heavy atom. The van der Waals surface area contributed by atoms with Crippen LogP contribution < -0.4 is 5.32 Å². The van der Waals surface area contributed by atoms with Gasteiger partial charge in [-0.3, -0.25) is 9.58 Å². The van der Waals surface area contributed by atoms with Crippen LogP contribution in [-0.4, -0.2) is 45.9 Å². The standard InChI is InChI=1S/C17H32N4/c1-6-14(3)16-12-21(17(4,7-2)13-18-16)9-8-15-10-19-20(5)11-15/h10-11,14,16,18H,6-9,12-13H2,1-5H3.